The van der Waals surface area contributed by atoms with Crippen LogP contribution in [-0.4, -0.2) is 38.7 Å². The van der Waals surface area contributed by atoms with Gasteiger partial charge in [-0.1, -0.05) is 6.07 Å². The van der Waals surface area contributed by atoms with Crippen LogP contribution < -0.4 is 0 Å². The van der Waals surface area contributed by atoms with Crippen molar-refractivity contribution in [2.45, 2.75) is 52.0 Å². The zero-order chi connectivity index (χ0) is 16.9. The van der Waals surface area contributed by atoms with E-state index >= 15 is 0 Å². The predicted molar refractivity (Wildman–Crippen MR) is 93.7 cm³/mol. The van der Waals surface area contributed by atoms with Crippen molar-refractivity contribution in [2.75, 3.05) is 13.1 Å². The Labute approximate surface area is 143 Å². The summed E-state index contributed by atoms with van der Waals surface area (Å²) in [5, 5.41) is 4.60. The molecule has 0 bridgehead atoms. The van der Waals surface area contributed by atoms with Crippen LogP contribution in [0.15, 0.2) is 30.5 Å². The predicted octanol–water partition coefficient (Wildman–Crippen LogP) is 3.08. The summed E-state index contributed by atoms with van der Waals surface area (Å²) in [6.45, 7) is 5.77. The number of carbonyl (C=O) groups excluding carboxylic acids is 1. The van der Waals surface area contributed by atoms with E-state index in [9.17, 15) is 4.79 Å². The Morgan fingerprint density at radius 3 is 2.92 bits per heavy atom. The number of likely N-dealkylation sites (tertiary alicyclic amines) is 1. The minimum Gasteiger partial charge on any atom is -0.341 e. The smallest absolute Gasteiger partial charge is 0.222 e. The minimum atomic E-state index is 0.261. The van der Waals surface area contributed by atoms with Crippen molar-refractivity contribution < 1.29 is 4.79 Å². The molecule has 0 aromatic carbocycles. The molecule has 24 heavy (non-hydrogen) atoms. The highest BCUT2D eigenvalue weighted by molar-refractivity contribution is 5.76. The summed E-state index contributed by atoms with van der Waals surface area (Å²) in [4.78, 5) is 18.9. The number of hydrogen-bond acceptors (Lipinski definition) is 3. The lowest BCUT2D eigenvalue weighted by molar-refractivity contribution is -0.133. The first kappa shape index (κ1) is 16.7. The van der Waals surface area contributed by atoms with E-state index < -0.39 is 0 Å². The molecule has 128 valence electrons. The number of piperidine rings is 1. The van der Waals surface area contributed by atoms with Gasteiger partial charge in [-0.25, -0.2) is 0 Å². The highest BCUT2D eigenvalue weighted by Crippen LogP contribution is 2.23. The summed E-state index contributed by atoms with van der Waals surface area (Å²) >= 11 is 0. The van der Waals surface area contributed by atoms with Gasteiger partial charge in [0.25, 0.3) is 0 Å². The lowest BCUT2D eigenvalue weighted by atomic mass is 10.0. The average molecular weight is 326 g/mol. The Kier molecular flexibility index (Phi) is 5.28. The Morgan fingerprint density at radius 2 is 2.21 bits per heavy atom. The molecule has 3 heterocycles. The van der Waals surface area contributed by atoms with E-state index in [-0.39, 0.29) is 5.91 Å². The summed E-state index contributed by atoms with van der Waals surface area (Å²) in [6, 6.07) is 8.35. The number of rotatable bonds is 5. The molecule has 1 aliphatic rings. The number of nitrogens with zero attached hydrogens (tertiary/aromatic N) is 4. The van der Waals surface area contributed by atoms with Gasteiger partial charge in [0.15, 0.2) is 0 Å². The van der Waals surface area contributed by atoms with Gasteiger partial charge in [0.05, 0.1) is 11.7 Å². The molecular weight excluding hydrogens is 300 g/mol. The van der Waals surface area contributed by atoms with Gasteiger partial charge < -0.3 is 4.90 Å². The maximum atomic E-state index is 12.5. The SMILES string of the molecule is Cc1cc(C)n([C@@H]2CCCN(C(=O)CCCc3ccccn3)C2)n1. The van der Waals surface area contributed by atoms with E-state index in [4.69, 9.17) is 0 Å². The second-order valence-corrected chi connectivity index (χ2v) is 6.68. The van der Waals surface area contributed by atoms with Crippen LogP contribution in [0.2, 0.25) is 0 Å². The van der Waals surface area contributed by atoms with Crippen molar-refractivity contribution >= 4 is 5.91 Å². The third kappa shape index (κ3) is 4.02. The molecule has 0 unspecified atom stereocenters. The standard InChI is InChI=1S/C19H26N4O/c1-15-13-16(2)23(21-15)18-9-6-12-22(14-18)19(24)10-5-8-17-7-3-4-11-20-17/h3-4,7,11,13,18H,5-6,8-10,12,14H2,1-2H3/t18-/m1/s1. The van der Waals surface area contributed by atoms with Crippen LogP contribution in [0.3, 0.4) is 0 Å². The third-order valence-electron chi connectivity index (χ3n) is 4.69. The monoisotopic (exact) mass is 326 g/mol. The Hall–Kier alpha value is -2.17. The fraction of sp³-hybridized carbons (Fsp3) is 0.526. The van der Waals surface area contributed by atoms with Crippen LogP contribution in [0, 0.1) is 13.8 Å². The summed E-state index contributed by atoms with van der Waals surface area (Å²) in [7, 11) is 0. The Morgan fingerprint density at radius 1 is 1.33 bits per heavy atom. The first-order valence-corrected chi connectivity index (χ1v) is 8.84. The van der Waals surface area contributed by atoms with Gasteiger partial charge in [-0.15, -0.1) is 0 Å². The zero-order valence-electron chi connectivity index (χ0n) is 14.6. The van der Waals surface area contributed by atoms with E-state index in [1.807, 2.05) is 30.0 Å². The maximum absolute atomic E-state index is 12.5. The van der Waals surface area contributed by atoms with Crippen LogP contribution in [0.4, 0.5) is 0 Å². The van der Waals surface area contributed by atoms with Gasteiger partial charge >= 0.3 is 0 Å². The number of pyridine rings is 1. The van der Waals surface area contributed by atoms with Gasteiger partial charge in [0.1, 0.15) is 0 Å². The summed E-state index contributed by atoms with van der Waals surface area (Å²) in [5.41, 5.74) is 3.29. The third-order valence-corrected chi connectivity index (χ3v) is 4.69. The molecule has 0 aliphatic carbocycles. The highest BCUT2D eigenvalue weighted by atomic mass is 16.2. The molecule has 1 saturated heterocycles. The van der Waals surface area contributed by atoms with E-state index in [0.29, 0.717) is 12.5 Å². The van der Waals surface area contributed by atoms with E-state index in [1.165, 1.54) is 5.69 Å². The molecule has 1 atom stereocenters. The van der Waals surface area contributed by atoms with Crippen molar-refractivity contribution in [3.05, 3.63) is 47.5 Å². The van der Waals surface area contributed by atoms with Gasteiger partial charge in [-0.2, -0.15) is 5.10 Å². The lowest BCUT2D eigenvalue weighted by Crippen LogP contribution is -2.41. The van der Waals surface area contributed by atoms with Crippen LogP contribution in [-0.2, 0) is 11.2 Å². The summed E-state index contributed by atoms with van der Waals surface area (Å²) in [6.07, 6.45) is 6.27. The second-order valence-electron chi connectivity index (χ2n) is 6.68. The lowest BCUT2D eigenvalue weighted by Gasteiger charge is -2.33. The number of aryl methyl sites for hydroxylation is 3. The maximum Gasteiger partial charge on any atom is 0.222 e. The molecule has 1 aliphatic heterocycles. The topological polar surface area (TPSA) is 51.0 Å². The highest BCUT2D eigenvalue weighted by Gasteiger charge is 2.25. The van der Waals surface area contributed by atoms with Gasteiger partial charge in [0.2, 0.25) is 5.91 Å². The number of hydrogen-bond donors (Lipinski definition) is 0. The molecule has 0 saturated carbocycles. The zero-order valence-corrected chi connectivity index (χ0v) is 14.6. The number of carbonyl (C=O) groups is 1. The van der Waals surface area contributed by atoms with Crippen LogP contribution in [0.25, 0.3) is 0 Å². The van der Waals surface area contributed by atoms with Crippen molar-refractivity contribution in [3.8, 4) is 0 Å². The van der Waals surface area contributed by atoms with Gasteiger partial charge in [-0.3, -0.25) is 14.5 Å². The molecule has 0 spiro atoms. The molecule has 1 amide bonds. The van der Waals surface area contributed by atoms with Crippen molar-refractivity contribution in [1.82, 2.24) is 19.7 Å². The molecule has 2 aromatic heterocycles. The molecule has 0 radical (unpaired) electrons. The van der Waals surface area contributed by atoms with Crippen LogP contribution in [0.1, 0.15) is 48.8 Å². The second kappa shape index (κ2) is 7.60. The fourth-order valence-corrected chi connectivity index (χ4v) is 3.52. The molecular formula is C19H26N4O. The van der Waals surface area contributed by atoms with Crippen molar-refractivity contribution in [1.29, 1.82) is 0 Å². The van der Waals surface area contributed by atoms with Gasteiger partial charge in [0, 0.05) is 37.1 Å². The fourth-order valence-electron chi connectivity index (χ4n) is 3.52. The van der Waals surface area contributed by atoms with E-state index in [0.717, 1.165) is 50.2 Å². The van der Waals surface area contributed by atoms with Crippen LogP contribution >= 0.6 is 0 Å². The Bertz CT molecular complexity index is 680. The molecule has 3 rings (SSSR count). The molecule has 2 aromatic rings. The van der Waals surface area contributed by atoms with Crippen molar-refractivity contribution in [3.63, 3.8) is 0 Å². The number of amides is 1. The summed E-state index contributed by atoms with van der Waals surface area (Å²) < 4.78 is 2.10. The summed E-state index contributed by atoms with van der Waals surface area (Å²) in [5.74, 6) is 0.261. The minimum absolute atomic E-state index is 0.261. The van der Waals surface area contributed by atoms with Crippen molar-refractivity contribution in [2.24, 2.45) is 0 Å². The largest absolute Gasteiger partial charge is 0.341 e. The quantitative estimate of drug-likeness (QED) is 0.848. The first-order chi connectivity index (χ1) is 11.6. The molecule has 0 N–H and O–H groups in total. The molecule has 5 nitrogen and oxygen atoms in total. The average Bonchev–Trinajstić information content (AvgIpc) is 2.94. The van der Waals surface area contributed by atoms with E-state index in [2.05, 4.69) is 27.8 Å². The molecule has 1 fully saturated rings. The normalized spacial score (nSPS) is 17.9. The van der Waals surface area contributed by atoms with Gasteiger partial charge in [-0.05, 0) is 57.7 Å². The number of aromatic nitrogens is 3. The first-order valence-electron chi connectivity index (χ1n) is 8.84. The molecule has 5 heteroatoms. The Balaban J connectivity index is 1.52. The van der Waals surface area contributed by atoms with Crippen LogP contribution in [0.5, 0.6) is 0 Å². The van der Waals surface area contributed by atoms with E-state index in [1.54, 1.807) is 6.20 Å².